The van der Waals surface area contributed by atoms with Crippen molar-refractivity contribution in [1.29, 1.82) is 0 Å². The molecule has 2 N–H and O–H groups in total. The topological polar surface area (TPSA) is 50.4 Å². The van der Waals surface area contributed by atoms with Crippen molar-refractivity contribution >= 4 is 44.9 Å². The summed E-state index contributed by atoms with van der Waals surface area (Å²) in [6, 6.07) is 11.1. The van der Waals surface area contributed by atoms with Crippen LogP contribution in [0.1, 0.15) is 10.4 Å². The number of hydrogen-bond acceptors (Lipinski definition) is 3. The van der Waals surface area contributed by atoms with Crippen LogP contribution in [0.2, 0.25) is 0 Å². The predicted molar refractivity (Wildman–Crippen MR) is 90.8 cm³/mol. The number of benzene rings is 2. The molecular formula is C15H12BrFN2O2S. The van der Waals surface area contributed by atoms with Gasteiger partial charge in [0.2, 0.25) is 0 Å². The number of methoxy groups -OCH3 is 1. The minimum atomic E-state index is -0.459. The molecule has 0 atom stereocenters. The third-order valence-corrected chi connectivity index (χ3v) is 3.45. The van der Waals surface area contributed by atoms with Gasteiger partial charge in [-0.1, -0.05) is 28.1 Å². The van der Waals surface area contributed by atoms with Crippen molar-refractivity contribution in [3.63, 3.8) is 0 Å². The van der Waals surface area contributed by atoms with Crippen molar-refractivity contribution in [2.45, 2.75) is 0 Å². The molecule has 0 aliphatic rings. The number of carbonyl (C=O) groups excluding carboxylic acids is 1. The Morgan fingerprint density at radius 3 is 2.68 bits per heavy atom. The first-order valence-electron chi connectivity index (χ1n) is 6.21. The predicted octanol–water partition coefficient (Wildman–Crippen LogP) is 3.72. The number of anilines is 1. The Hall–Kier alpha value is -1.99. The van der Waals surface area contributed by atoms with E-state index in [0.717, 1.165) is 4.47 Å². The van der Waals surface area contributed by atoms with Crippen LogP contribution in [0, 0.1) is 5.82 Å². The van der Waals surface area contributed by atoms with Gasteiger partial charge in [0.25, 0.3) is 5.91 Å². The van der Waals surface area contributed by atoms with Gasteiger partial charge in [0.05, 0.1) is 18.4 Å². The van der Waals surface area contributed by atoms with Crippen LogP contribution in [0.15, 0.2) is 46.9 Å². The third kappa shape index (κ3) is 4.02. The highest BCUT2D eigenvalue weighted by Crippen LogP contribution is 2.22. The van der Waals surface area contributed by atoms with E-state index in [2.05, 4.69) is 26.6 Å². The largest absolute Gasteiger partial charge is 0.496 e. The van der Waals surface area contributed by atoms with Crippen LogP contribution in [0.5, 0.6) is 5.75 Å². The first-order valence-corrected chi connectivity index (χ1v) is 7.42. The second-order valence-corrected chi connectivity index (χ2v) is 5.56. The zero-order chi connectivity index (χ0) is 16.1. The van der Waals surface area contributed by atoms with Gasteiger partial charge in [-0.3, -0.25) is 10.1 Å². The standard InChI is InChI=1S/C15H12BrFN2O2S/c1-21-13-7-6-9(16)8-10(13)14(20)19-15(22)18-12-5-3-2-4-11(12)17/h2-8H,1H3,(H2,18,19,20,22). The van der Waals surface area contributed by atoms with E-state index in [0.29, 0.717) is 11.3 Å². The van der Waals surface area contributed by atoms with Gasteiger partial charge in [-0.25, -0.2) is 4.39 Å². The van der Waals surface area contributed by atoms with E-state index in [1.54, 1.807) is 30.3 Å². The minimum Gasteiger partial charge on any atom is -0.496 e. The molecule has 22 heavy (non-hydrogen) atoms. The number of rotatable bonds is 3. The molecule has 2 rings (SSSR count). The molecule has 4 nitrogen and oxygen atoms in total. The van der Waals surface area contributed by atoms with Crippen molar-refractivity contribution in [2.75, 3.05) is 12.4 Å². The van der Waals surface area contributed by atoms with Gasteiger partial charge in [-0.15, -0.1) is 0 Å². The molecule has 0 unspecified atom stereocenters. The number of hydrogen-bond donors (Lipinski definition) is 2. The monoisotopic (exact) mass is 382 g/mol. The fourth-order valence-corrected chi connectivity index (χ4v) is 2.31. The van der Waals surface area contributed by atoms with E-state index in [-0.39, 0.29) is 10.8 Å². The average Bonchev–Trinajstić information content (AvgIpc) is 2.49. The van der Waals surface area contributed by atoms with E-state index in [1.165, 1.54) is 19.2 Å². The summed E-state index contributed by atoms with van der Waals surface area (Å²) in [5, 5.41) is 5.12. The lowest BCUT2D eigenvalue weighted by Gasteiger charge is -2.12. The Balaban J connectivity index is 2.10. The van der Waals surface area contributed by atoms with Crippen molar-refractivity contribution in [3.05, 3.63) is 58.3 Å². The number of ether oxygens (including phenoxy) is 1. The van der Waals surface area contributed by atoms with Gasteiger partial charge in [-0.2, -0.15) is 0 Å². The van der Waals surface area contributed by atoms with E-state index in [9.17, 15) is 9.18 Å². The molecular weight excluding hydrogens is 371 g/mol. The maximum atomic E-state index is 13.5. The van der Waals surface area contributed by atoms with Crippen molar-refractivity contribution < 1.29 is 13.9 Å². The first-order chi connectivity index (χ1) is 10.5. The normalized spacial score (nSPS) is 9.95. The molecule has 0 saturated carbocycles. The van der Waals surface area contributed by atoms with E-state index >= 15 is 0 Å². The van der Waals surface area contributed by atoms with Crippen LogP contribution in [0.4, 0.5) is 10.1 Å². The van der Waals surface area contributed by atoms with E-state index in [4.69, 9.17) is 17.0 Å². The highest BCUT2D eigenvalue weighted by atomic mass is 79.9. The van der Waals surface area contributed by atoms with Gasteiger partial charge in [-0.05, 0) is 42.5 Å². The fourth-order valence-electron chi connectivity index (χ4n) is 1.74. The Morgan fingerprint density at radius 1 is 1.27 bits per heavy atom. The minimum absolute atomic E-state index is 0.00266. The van der Waals surface area contributed by atoms with Gasteiger partial charge >= 0.3 is 0 Å². The highest BCUT2D eigenvalue weighted by Gasteiger charge is 2.14. The van der Waals surface area contributed by atoms with Gasteiger partial charge in [0.1, 0.15) is 11.6 Å². The molecule has 2 aromatic carbocycles. The summed E-state index contributed by atoms with van der Waals surface area (Å²) in [6.07, 6.45) is 0. The quantitative estimate of drug-likeness (QED) is 0.794. The van der Waals surface area contributed by atoms with Crippen molar-refractivity contribution in [3.8, 4) is 5.75 Å². The van der Waals surface area contributed by atoms with Crippen LogP contribution < -0.4 is 15.4 Å². The number of thiocarbonyl (C=S) groups is 1. The lowest BCUT2D eigenvalue weighted by atomic mass is 10.2. The maximum Gasteiger partial charge on any atom is 0.261 e. The molecule has 0 aliphatic heterocycles. The Labute approximate surface area is 140 Å². The molecule has 0 spiro atoms. The third-order valence-electron chi connectivity index (χ3n) is 2.76. The molecule has 0 fully saturated rings. The van der Waals surface area contributed by atoms with Crippen molar-refractivity contribution in [1.82, 2.24) is 5.32 Å². The summed E-state index contributed by atoms with van der Waals surface area (Å²) in [4.78, 5) is 12.2. The first kappa shape index (κ1) is 16.4. The number of carbonyl (C=O) groups is 1. The second-order valence-electron chi connectivity index (χ2n) is 4.23. The van der Waals surface area contributed by atoms with Crippen LogP contribution >= 0.6 is 28.1 Å². The molecule has 7 heteroatoms. The summed E-state index contributed by atoms with van der Waals surface area (Å²) in [6.45, 7) is 0. The summed E-state index contributed by atoms with van der Waals surface area (Å²) in [5.41, 5.74) is 0.503. The number of nitrogens with one attached hydrogen (secondary N) is 2. The van der Waals surface area contributed by atoms with Crippen LogP contribution in [0.3, 0.4) is 0 Å². The lowest BCUT2D eigenvalue weighted by Crippen LogP contribution is -2.34. The van der Waals surface area contributed by atoms with Crippen LogP contribution in [-0.4, -0.2) is 18.1 Å². The second kappa shape index (κ2) is 7.33. The van der Waals surface area contributed by atoms with Gasteiger partial charge in [0.15, 0.2) is 5.11 Å². The highest BCUT2D eigenvalue weighted by molar-refractivity contribution is 9.10. The lowest BCUT2D eigenvalue weighted by molar-refractivity contribution is 0.0974. The Bertz CT molecular complexity index is 724. The molecule has 0 saturated heterocycles. The molecule has 0 aromatic heterocycles. The van der Waals surface area contributed by atoms with Crippen molar-refractivity contribution in [2.24, 2.45) is 0 Å². The average molecular weight is 383 g/mol. The van der Waals surface area contributed by atoms with E-state index in [1.807, 2.05) is 0 Å². The zero-order valence-corrected chi connectivity index (χ0v) is 13.9. The molecule has 0 heterocycles. The summed E-state index contributed by atoms with van der Waals surface area (Å²) in [5.74, 6) is -0.500. The molecule has 0 radical (unpaired) electrons. The Kier molecular flexibility index (Phi) is 5.46. The molecule has 2 aromatic rings. The molecule has 0 bridgehead atoms. The van der Waals surface area contributed by atoms with E-state index < -0.39 is 11.7 Å². The molecule has 114 valence electrons. The van der Waals surface area contributed by atoms with Gasteiger partial charge < -0.3 is 10.1 Å². The summed E-state index contributed by atoms with van der Waals surface area (Å²) < 4.78 is 19.4. The van der Waals surface area contributed by atoms with Gasteiger partial charge in [0, 0.05) is 4.47 Å². The molecule has 0 aliphatic carbocycles. The number of halogens is 2. The summed E-state index contributed by atoms with van der Waals surface area (Å²) >= 11 is 8.31. The van der Waals surface area contributed by atoms with Crippen LogP contribution in [-0.2, 0) is 0 Å². The number of amides is 1. The fraction of sp³-hybridized carbons (Fsp3) is 0.0667. The SMILES string of the molecule is COc1ccc(Br)cc1C(=O)NC(=S)Nc1ccccc1F. The Morgan fingerprint density at radius 2 is 2.00 bits per heavy atom. The summed E-state index contributed by atoms with van der Waals surface area (Å²) in [7, 11) is 1.47. The van der Waals surface area contributed by atoms with Crippen LogP contribution in [0.25, 0.3) is 0 Å². The molecule has 1 amide bonds. The zero-order valence-electron chi connectivity index (χ0n) is 11.5. The number of para-hydroxylation sites is 1. The smallest absolute Gasteiger partial charge is 0.261 e. The maximum absolute atomic E-state index is 13.5.